The number of benzene rings is 2. The van der Waals surface area contributed by atoms with Crippen LogP contribution in [0.25, 0.3) is 5.76 Å². The van der Waals surface area contributed by atoms with Gasteiger partial charge in [-0.15, -0.1) is 0 Å². The van der Waals surface area contributed by atoms with Crippen LogP contribution in [-0.2, 0) is 6.42 Å². The van der Waals surface area contributed by atoms with Gasteiger partial charge in [0.2, 0.25) is 0 Å². The lowest BCUT2D eigenvalue weighted by Gasteiger charge is -2.19. The first kappa shape index (κ1) is 11.5. The van der Waals surface area contributed by atoms with Crippen LogP contribution < -0.4 is 4.74 Å². The Morgan fingerprint density at radius 3 is 2.37 bits per heavy atom. The van der Waals surface area contributed by atoms with Gasteiger partial charge in [0.25, 0.3) is 0 Å². The number of phenolic OH excluding ortho intramolecular Hbond substituents is 3. The predicted octanol–water partition coefficient (Wildman–Crippen LogP) is 2.78. The minimum atomic E-state index is -0.0387. The first-order chi connectivity index (χ1) is 9.13. The quantitative estimate of drug-likeness (QED) is 0.733. The summed E-state index contributed by atoms with van der Waals surface area (Å²) >= 11 is 0. The lowest BCUT2D eigenvalue weighted by atomic mass is 10.0. The van der Waals surface area contributed by atoms with E-state index in [1.165, 1.54) is 12.1 Å². The molecule has 0 bridgehead atoms. The molecule has 3 N–H and O–H groups in total. The van der Waals surface area contributed by atoms with E-state index in [1.807, 2.05) is 6.08 Å². The second-order valence-electron chi connectivity index (χ2n) is 4.36. The Morgan fingerprint density at radius 2 is 1.63 bits per heavy atom. The number of hydrogen-bond acceptors (Lipinski definition) is 4. The van der Waals surface area contributed by atoms with Gasteiger partial charge in [0, 0.05) is 29.7 Å². The Morgan fingerprint density at radius 1 is 0.895 bits per heavy atom. The molecule has 0 unspecified atom stereocenters. The monoisotopic (exact) mass is 256 g/mol. The SMILES string of the molecule is Oc1ccc(C2=CCc3c(O)cc(O)cc3O2)cc1. The molecule has 0 atom stereocenters. The van der Waals surface area contributed by atoms with Gasteiger partial charge < -0.3 is 20.1 Å². The molecule has 0 aromatic heterocycles. The van der Waals surface area contributed by atoms with E-state index >= 15 is 0 Å². The molecule has 0 fully saturated rings. The van der Waals surface area contributed by atoms with Crippen LogP contribution in [0.4, 0.5) is 0 Å². The molecule has 0 saturated heterocycles. The minimum absolute atomic E-state index is 0.0241. The molecule has 96 valence electrons. The zero-order chi connectivity index (χ0) is 13.4. The highest BCUT2D eigenvalue weighted by molar-refractivity contribution is 5.67. The van der Waals surface area contributed by atoms with Gasteiger partial charge in [-0.05, 0) is 30.3 Å². The van der Waals surface area contributed by atoms with E-state index in [1.54, 1.807) is 24.3 Å². The molecular weight excluding hydrogens is 244 g/mol. The Labute approximate surface area is 109 Å². The zero-order valence-electron chi connectivity index (χ0n) is 10.00. The van der Waals surface area contributed by atoms with E-state index in [-0.39, 0.29) is 17.2 Å². The predicted molar refractivity (Wildman–Crippen MR) is 70.2 cm³/mol. The molecule has 0 spiro atoms. The maximum atomic E-state index is 9.73. The lowest BCUT2D eigenvalue weighted by Crippen LogP contribution is -2.04. The number of hydrogen-bond donors (Lipinski definition) is 3. The summed E-state index contributed by atoms with van der Waals surface area (Å²) in [6.45, 7) is 0. The van der Waals surface area contributed by atoms with Crippen molar-refractivity contribution < 1.29 is 20.1 Å². The number of ether oxygens (including phenoxy) is 1. The summed E-state index contributed by atoms with van der Waals surface area (Å²) < 4.78 is 5.68. The molecule has 0 aliphatic carbocycles. The number of rotatable bonds is 1. The fourth-order valence-corrected chi connectivity index (χ4v) is 2.07. The van der Waals surface area contributed by atoms with Gasteiger partial charge in [-0.3, -0.25) is 0 Å². The summed E-state index contributed by atoms with van der Waals surface area (Å²) in [5.74, 6) is 1.26. The third-order valence-corrected chi connectivity index (χ3v) is 3.03. The van der Waals surface area contributed by atoms with Crippen LogP contribution in [0.15, 0.2) is 42.5 Å². The van der Waals surface area contributed by atoms with Gasteiger partial charge in [-0.25, -0.2) is 0 Å². The van der Waals surface area contributed by atoms with Crippen LogP contribution in [0.3, 0.4) is 0 Å². The van der Waals surface area contributed by atoms with Crippen molar-refractivity contribution in [3.8, 4) is 23.0 Å². The summed E-state index contributed by atoms with van der Waals surface area (Å²) in [5.41, 5.74) is 1.48. The van der Waals surface area contributed by atoms with Gasteiger partial charge in [0.1, 0.15) is 28.8 Å². The van der Waals surface area contributed by atoms with Crippen molar-refractivity contribution in [3.63, 3.8) is 0 Å². The maximum Gasteiger partial charge on any atom is 0.138 e. The zero-order valence-corrected chi connectivity index (χ0v) is 10.00. The third-order valence-electron chi connectivity index (χ3n) is 3.03. The van der Waals surface area contributed by atoms with Crippen LogP contribution in [0.5, 0.6) is 23.0 Å². The topological polar surface area (TPSA) is 69.9 Å². The van der Waals surface area contributed by atoms with Gasteiger partial charge in [0.05, 0.1) is 0 Å². The molecule has 0 radical (unpaired) electrons. The van der Waals surface area contributed by atoms with Crippen molar-refractivity contribution in [2.24, 2.45) is 0 Å². The highest BCUT2D eigenvalue weighted by Gasteiger charge is 2.18. The highest BCUT2D eigenvalue weighted by atomic mass is 16.5. The molecule has 2 aromatic carbocycles. The fraction of sp³-hybridized carbons (Fsp3) is 0.0667. The van der Waals surface area contributed by atoms with Crippen molar-refractivity contribution in [3.05, 3.63) is 53.6 Å². The number of phenols is 3. The van der Waals surface area contributed by atoms with E-state index < -0.39 is 0 Å². The van der Waals surface area contributed by atoms with Crippen molar-refractivity contribution in [2.75, 3.05) is 0 Å². The number of fused-ring (bicyclic) bond motifs is 1. The van der Waals surface area contributed by atoms with Crippen molar-refractivity contribution >= 4 is 5.76 Å². The number of allylic oxidation sites excluding steroid dienone is 1. The lowest BCUT2D eigenvalue weighted by molar-refractivity contribution is 0.427. The highest BCUT2D eigenvalue weighted by Crippen LogP contribution is 2.38. The minimum Gasteiger partial charge on any atom is -0.508 e. The van der Waals surface area contributed by atoms with Gasteiger partial charge in [0.15, 0.2) is 0 Å². The smallest absolute Gasteiger partial charge is 0.138 e. The van der Waals surface area contributed by atoms with E-state index in [4.69, 9.17) is 4.74 Å². The molecule has 19 heavy (non-hydrogen) atoms. The van der Waals surface area contributed by atoms with E-state index in [2.05, 4.69) is 0 Å². The van der Waals surface area contributed by atoms with Gasteiger partial charge >= 0.3 is 0 Å². The average molecular weight is 256 g/mol. The summed E-state index contributed by atoms with van der Waals surface area (Å²) in [7, 11) is 0. The average Bonchev–Trinajstić information content (AvgIpc) is 2.38. The Balaban J connectivity index is 1.97. The molecule has 0 saturated carbocycles. The second-order valence-corrected chi connectivity index (χ2v) is 4.36. The molecule has 0 amide bonds. The fourth-order valence-electron chi connectivity index (χ4n) is 2.07. The van der Waals surface area contributed by atoms with E-state index in [0.29, 0.717) is 23.5 Å². The molecule has 1 aliphatic rings. The summed E-state index contributed by atoms with van der Waals surface area (Å²) in [4.78, 5) is 0. The second kappa shape index (κ2) is 4.24. The van der Waals surface area contributed by atoms with Crippen LogP contribution in [0, 0.1) is 0 Å². The van der Waals surface area contributed by atoms with Crippen molar-refractivity contribution in [2.45, 2.75) is 6.42 Å². The van der Waals surface area contributed by atoms with Gasteiger partial charge in [-0.2, -0.15) is 0 Å². The summed E-state index contributed by atoms with van der Waals surface area (Å²) in [6, 6.07) is 9.41. The van der Waals surface area contributed by atoms with Crippen LogP contribution in [0.2, 0.25) is 0 Å². The standard InChI is InChI=1S/C15H12O4/c16-10-3-1-9(2-4-10)14-6-5-12-13(18)7-11(17)8-15(12)19-14/h1-4,6-8,16-18H,5H2. The molecule has 1 aliphatic heterocycles. The number of aromatic hydroxyl groups is 3. The molecule has 4 heteroatoms. The normalized spacial score (nSPS) is 13.4. The largest absolute Gasteiger partial charge is 0.508 e. The van der Waals surface area contributed by atoms with Crippen molar-refractivity contribution in [1.29, 1.82) is 0 Å². The maximum absolute atomic E-state index is 9.73. The first-order valence-electron chi connectivity index (χ1n) is 5.86. The molecule has 2 aromatic rings. The Kier molecular flexibility index (Phi) is 2.56. The first-order valence-corrected chi connectivity index (χ1v) is 5.86. The summed E-state index contributed by atoms with van der Waals surface area (Å²) in [6.07, 6.45) is 2.38. The Hall–Kier alpha value is -2.62. The molecule has 3 rings (SSSR count). The third kappa shape index (κ3) is 2.08. The molecular formula is C15H12O4. The van der Waals surface area contributed by atoms with E-state index in [0.717, 1.165) is 5.56 Å². The molecule has 4 nitrogen and oxygen atoms in total. The van der Waals surface area contributed by atoms with Gasteiger partial charge in [-0.1, -0.05) is 0 Å². The van der Waals surface area contributed by atoms with Crippen LogP contribution >= 0.6 is 0 Å². The van der Waals surface area contributed by atoms with Crippen LogP contribution in [0.1, 0.15) is 11.1 Å². The van der Waals surface area contributed by atoms with Crippen molar-refractivity contribution in [1.82, 2.24) is 0 Å². The van der Waals surface area contributed by atoms with E-state index in [9.17, 15) is 15.3 Å². The van der Waals surface area contributed by atoms with Crippen LogP contribution in [-0.4, -0.2) is 15.3 Å². The Bertz CT molecular complexity index is 657. The summed E-state index contributed by atoms with van der Waals surface area (Å²) in [5, 5.41) is 28.5. The molecule has 1 heterocycles.